The molecule has 1 fully saturated rings. The van der Waals surface area contributed by atoms with Crippen LogP contribution in [0.1, 0.15) is 34.9 Å². The summed E-state index contributed by atoms with van der Waals surface area (Å²) < 4.78 is 13.6. The Labute approximate surface area is 150 Å². The van der Waals surface area contributed by atoms with Gasteiger partial charge in [0.15, 0.2) is 0 Å². The number of halogens is 1. The molecule has 0 bridgehead atoms. The van der Waals surface area contributed by atoms with Gasteiger partial charge < -0.3 is 4.90 Å². The lowest BCUT2D eigenvalue weighted by molar-refractivity contribution is 0.0699. The highest BCUT2D eigenvalue weighted by Gasteiger charge is 2.28. The van der Waals surface area contributed by atoms with Gasteiger partial charge in [0.25, 0.3) is 5.91 Å². The predicted molar refractivity (Wildman–Crippen MR) is 93.9 cm³/mol. The fourth-order valence-electron chi connectivity index (χ4n) is 3.46. The van der Waals surface area contributed by atoms with Crippen molar-refractivity contribution in [2.75, 3.05) is 13.1 Å². The van der Waals surface area contributed by atoms with Gasteiger partial charge in [-0.3, -0.25) is 14.9 Å². The Bertz CT molecular complexity index is 911. The molecule has 1 saturated heterocycles. The van der Waals surface area contributed by atoms with Crippen molar-refractivity contribution >= 4 is 5.91 Å². The fraction of sp³-hybridized carbons (Fsp3) is 0.263. The molecule has 6 nitrogen and oxygen atoms in total. The second-order valence-electron chi connectivity index (χ2n) is 6.39. The van der Waals surface area contributed by atoms with E-state index in [1.54, 1.807) is 23.4 Å². The fourth-order valence-corrected chi connectivity index (χ4v) is 3.46. The number of likely N-dealkylation sites (tertiary alicyclic amines) is 1. The highest BCUT2D eigenvalue weighted by Crippen LogP contribution is 2.33. The zero-order valence-corrected chi connectivity index (χ0v) is 14.1. The van der Waals surface area contributed by atoms with E-state index < -0.39 is 0 Å². The molecule has 1 aromatic carbocycles. The Morgan fingerprint density at radius 1 is 1.27 bits per heavy atom. The van der Waals surface area contributed by atoms with E-state index in [0.29, 0.717) is 18.8 Å². The molecular weight excluding hydrogens is 333 g/mol. The number of hydrogen-bond acceptors (Lipinski definition) is 4. The third-order valence-electron chi connectivity index (χ3n) is 4.70. The number of amides is 1. The van der Waals surface area contributed by atoms with Crippen LogP contribution in [0, 0.1) is 5.82 Å². The van der Waals surface area contributed by atoms with Gasteiger partial charge in [-0.05, 0) is 30.5 Å². The monoisotopic (exact) mass is 351 g/mol. The minimum atomic E-state index is -0.280. The molecule has 3 heterocycles. The SMILES string of the molecule is O=C(c1cnccn1)N1CCC[C@@H](c2[nH]ncc2-c2cccc(F)c2)C1. The van der Waals surface area contributed by atoms with Crippen molar-refractivity contribution in [2.45, 2.75) is 18.8 Å². The first-order valence-electron chi connectivity index (χ1n) is 8.57. The number of carbonyl (C=O) groups excluding carboxylic acids is 1. The first-order valence-corrected chi connectivity index (χ1v) is 8.57. The van der Waals surface area contributed by atoms with Gasteiger partial charge in [0.05, 0.1) is 12.4 Å². The quantitative estimate of drug-likeness (QED) is 0.787. The van der Waals surface area contributed by atoms with Gasteiger partial charge in [0.2, 0.25) is 0 Å². The molecule has 0 radical (unpaired) electrons. The minimum absolute atomic E-state index is 0.116. The average molecular weight is 351 g/mol. The van der Waals surface area contributed by atoms with Crippen molar-refractivity contribution in [2.24, 2.45) is 0 Å². The third-order valence-corrected chi connectivity index (χ3v) is 4.70. The zero-order chi connectivity index (χ0) is 17.9. The van der Waals surface area contributed by atoms with E-state index in [4.69, 9.17) is 0 Å². The molecule has 1 aliphatic heterocycles. The zero-order valence-electron chi connectivity index (χ0n) is 14.1. The van der Waals surface area contributed by atoms with Crippen LogP contribution in [0.5, 0.6) is 0 Å². The molecule has 0 unspecified atom stereocenters. The van der Waals surface area contributed by atoms with Crippen molar-refractivity contribution in [3.63, 3.8) is 0 Å². The lowest BCUT2D eigenvalue weighted by Crippen LogP contribution is -2.39. The molecule has 0 aliphatic carbocycles. The second kappa shape index (κ2) is 7.03. The first kappa shape index (κ1) is 16.4. The molecule has 0 spiro atoms. The van der Waals surface area contributed by atoms with Crippen molar-refractivity contribution in [1.82, 2.24) is 25.1 Å². The highest BCUT2D eigenvalue weighted by atomic mass is 19.1. The summed E-state index contributed by atoms with van der Waals surface area (Å²) in [5, 5.41) is 7.21. The molecular formula is C19H18FN5O. The summed E-state index contributed by atoms with van der Waals surface area (Å²) in [5.74, 6) is -0.280. The molecule has 1 aliphatic rings. The van der Waals surface area contributed by atoms with Crippen LogP contribution >= 0.6 is 0 Å². The lowest BCUT2D eigenvalue weighted by Gasteiger charge is -2.32. The number of benzene rings is 1. The molecule has 132 valence electrons. The Morgan fingerprint density at radius 2 is 2.19 bits per heavy atom. The summed E-state index contributed by atoms with van der Waals surface area (Å²) in [6.45, 7) is 1.26. The normalized spacial score (nSPS) is 17.3. The summed E-state index contributed by atoms with van der Waals surface area (Å²) in [7, 11) is 0. The van der Waals surface area contributed by atoms with Crippen LogP contribution < -0.4 is 0 Å². The summed E-state index contributed by atoms with van der Waals surface area (Å²) >= 11 is 0. The van der Waals surface area contributed by atoms with Gasteiger partial charge in [-0.2, -0.15) is 5.10 Å². The first-order chi connectivity index (χ1) is 12.7. The molecule has 1 atom stereocenters. The average Bonchev–Trinajstić information content (AvgIpc) is 3.18. The molecule has 26 heavy (non-hydrogen) atoms. The van der Waals surface area contributed by atoms with E-state index in [9.17, 15) is 9.18 Å². The van der Waals surface area contributed by atoms with Crippen molar-refractivity contribution in [3.8, 4) is 11.1 Å². The number of piperidine rings is 1. The molecule has 2 aromatic heterocycles. The van der Waals surface area contributed by atoms with E-state index in [2.05, 4.69) is 20.2 Å². The van der Waals surface area contributed by atoms with Crippen molar-refractivity contribution in [1.29, 1.82) is 0 Å². The molecule has 7 heteroatoms. The van der Waals surface area contributed by atoms with Crippen LogP contribution in [0.3, 0.4) is 0 Å². The Morgan fingerprint density at radius 3 is 3.00 bits per heavy atom. The summed E-state index contributed by atoms with van der Waals surface area (Å²) in [4.78, 5) is 22.5. The number of aromatic amines is 1. The maximum absolute atomic E-state index is 13.6. The van der Waals surface area contributed by atoms with Crippen LogP contribution in [0.2, 0.25) is 0 Å². The van der Waals surface area contributed by atoms with E-state index in [0.717, 1.165) is 29.7 Å². The van der Waals surface area contributed by atoms with Crippen LogP contribution in [-0.4, -0.2) is 44.1 Å². The Balaban J connectivity index is 1.58. The third kappa shape index (κ3) is 3.20. The summed E-state index contributed by atoms with van der Waals surface area (Å²) in [6, 6.07) is 6.47. The standard InChI is InChI=1S/C19H18FN5O/c20-15-5-1-3-13(9-15)16-10-23-24-18(16)14-4-2-8-25(12-14)19(26)17-11-21-6-7-22-17/h1,3,5-7,9-11,14H,2,4,8,12H2,(H,23,24)/t14-/m1/s1. The number of carbonyl (C=O) groups is 1. The summed E-state index contributed by atoms with van der Waals surface area (Å²) in [5.41, 5.74) is 2.95. The number of aromatic nitrogens is 4. The van der Waals surface area contributed by atoms with Gasteiger partial charge in [0, 0.05) is 42.7 Å². The largest absolute Gasteiger partial charge is 0.337 e. The smallest absolute Gasteiger partial charge is 0.274 e. The summed E-state index contributed by atoms with van der Waals surface area (Å²) in [6.07, 6.45) is 8.10. The molecule has 3 aromatic rings. The van der Waals surface area contributed by atoms with E-state index in [1.165, 1.54) is 24.5 Å². The van der Waals surface area contributed by atoms with Gasteiger partial charge in [-0.25, -0.2) is 9.37 Å². The Kier molecular flexibility index (Phi) is 4.43. The number of nitrogens with zero attached hydrogens (tertiary/aromatic N) is 4. The van der Waals surface area contributed by atoms with Crippen molar-refractivity contribution in [3.05, 3.63) is 66.3 Å². The van der Waals surface area contributed by atoms with Crippen molar-refractivity contribution < 1.29 is 9.18 Å². The predicted octanol–water partition coefficient (Wildman–Crippen LogP) is 3.03. The van der Waals surface area contributed by atoms with Crippen LogP contribution in [0.15, 0.2) is 49.1 Å². The van der Waals surface area contributed by atoms with E-state index in [1.807, 2.05) is 6.07 Å². The van der Waals surface area contributed by atoms with Gasteiger partial charge in [-0.15, -0.1) is 0 Å². The highest BCUT2D eigenvalue weighted by molar-refractivity contribution is 5.92. The lowest BCUT2D eigenvalue weighted by atomic mass is 9.90. The van der Waals surface area contributed by atoms with Gasteiger partial charge in [0.1, 0.15) is 11.5 Å². The number of hydrogen-bond donors (Lipinski definition) is 1. The van der Waals surface area contributed by atoms with Crippen LogP contribution in [0.4, 0.5) is 4.39 Å². The molecule has 4 rings (SSSR count). The molecule has 1 N–H and O–H groups in total. The maximum atomic E-state index is 13.6. The van der Waals surface area contributed by atoms with Gasteiger partial charge in [-0.1, -0.05) is 12.1 Å². The number of nitrogens with one attached hydrogen (secondary N) is 1. The topological polar surface area (TPSA) is 74.8 Å². The Hall–Kier alpha value is -3.09. The van der Waals surface area contributed by atoms with E-state index >= 15 is 0 Å². The second-order valence-corrected chi connectivity index (χ2v) is 6.39. The minimum Gasteiger partial charge on any atom is -0.337 e. The maximum Gasteiger partial charge on any atom is 0.274 e. The molecule has 1 amide bonds. The van der Waals surface area contributed by atoms with Crippen LogP contribution in [-0.2, 0) is 0 Å². The van der Waals surface area contributed by atoms with E-state index in [-0.39, 0.29) is 17.6 Å². The van der Waals surface area contributed by atoms with Gasteiger partial charge >= 0.3 is 0 Å². The molecule has 0 saturated carbocycles. The number of rotatable bonds is 3. The number of H-pyrrole nitrogens is 1. The van der Waals surface area contributed by atoms with Crippen LogP contribution in [0.25, 0.3) is 11.1 Å².